The van der Waals surface area contributed by atoms with E-state index < -0.39 is 0 Å². The molecule has 2 saturated heterocycles. The third-order valence-corrected chi connectivity index (χ3v) is 5.26. The number of hydrogen-bond donors (Lipinski definition) is 2. The zero-order valence-corrected chi connectivity index (χ0v) is 19.4. The largest absolute Gasteiger partial charge is 0.381 e. The maximum absolute atomic E-state index is 5.80. The van der Waals surface area contributed by atoms with E-state index in [0.29, 0.717) is 12.6 Å². The van der Waals surface area contributed by atoms with Gasteiger partial charge >= 0.3 is 0 Å². The molecule has 0 amide bonds. The summed E-state index contributed by atoms with van der Waals surface area (Å²) in [6, 6.07) is 0.509. The van der Waals surface area contributed by atoms with Crippen LogP contribution in [0.15, 0.2) is 4.99 Å². The van der Waals surface area contributed by atoms with E-state index in [1.165, 1.54) is 32.5 Å². The molecule has 0 saturated carbocycles. The predicted molar refractivity (Wildman–Crippen MR) is 119 cm³/mol. The number of ether oxygens (including phenoxy) is 2. The van der Waals surface area contributed by atoms with Crippen molar-refractivity contribution in [1.29, 1.82) is 0 Å². The molecule has 0 spiro atoms. The lowest BCUT2D eigenvalue weighted by Crippen LogP contribution is -2.50. The third-order valence-electron chi connectivity index (χ3n) is 5.26. The molecular formula is C19H39IN4O2. The second-order valence-corrected chi connectivity index (χ2v) is 7.81. The van der Waals surface area contributed by atoms with Gasteiger partial charge in [0.1, 0.15) is 0 Å². The summed E-state index contributed by atoms with van der Waals surface area (Å²) in [4.78, 5) is 7.42. The van der Waals surface area contributed by atoms with Gasteiger partial charge in [0.25, 0.3) is 0 Å². The summed E-state index contributed by atoms with van der Waals surface area (Å²) >= 11 is 0. The van der Waals surface area contributed by atoms with Crippen molar-refractivity contribution in [2.75, 3.05) is 53.0 Å². The Kier molecular flexibility index (Phi) is 11.4. The Balaban J connectivity index is 0.00000338. The van der Waals surface area contributed by atoms with Crippen molar-refractivity contribution < 1.29 is 9.47 Å². The molecule has 7 heteroatoms. The first-order valence-corrected chi connectivity index (χ1v) is 9.97. The molecule has 26 heavy (non-hydrogen) atoms. The van der Waals surface area contributed by atoms with Gasteiger partial charge in [-0.1, -0.05) is 13.8 Å². The van der Waals surface area contributed by atoms with E-state index in [-0.39, 0.29) is 29.6 Å². The number of likely N-dealkylation sites (tertiary alicyclic amines) is 1. The Hall–Kier alpha value is -0.120. The van der Waals surface area contributed by atoms with E-state index in [2.05, 4.69) is 36.3 Å². The molecule has 6 nitrogen and oxygen atoms in total. The van der Waals surface area contributed by atoms with Gasteiger partial charge in [-0.25, -0.2) is 0 Å². The molecule has 0 radical (unpaired) electrons. The highest BCUT2D eigenvalue weighted by Gasteiger charge is 2.32. The molecule has 0 unspecified atom stereocenters. The predicted octanol–water partition coefficient (Wildman–Crippen LogP) is 2.48. The average molecular weight is 482 g/mol. The van der Waals surface area contributed by atoms with Crippen LogP contribution in [0.2, 0.25) is 0 Å². The molecule has 0 aromatic heterocycles. The van der Waals surface area contributed by atoms with Crippen LogP contribution in [0, 0.1) is 5.92 Å². The van der Waals surface area contributed by atoms with Gasteiger partial charge in [0, 0.05) is 65.4 Å². The first kappa shape index (κ1) is 23.9. The van der Waals surface area contributed by atoms with Gasteiger partial charge in [0.2, 0.25) is 0 Å². The summed E-state index contributed by atoms with van der Waals surface area (Å²) < 4.78 is 11.3. The monoisotopic (exact) mass is 482 g/mol. The summed E-state index contributed by atoms with van der Waals surface area (Å²) in [6.45, 7) is 13.4. The zero-order chi connectivity index (χ0) is 18.1. The lowest BCUT2D eigenvalue weighted by molar-refractivity contribution is -0.0828. The highest BCUT2D eigenvalue weighted by atomic mass is 127. The van der Waals surface area contributed by atoms with Crippen molar-refractivity contribution in [3.63, 3.8) is 0 Å². The number of aliphatic imine (C=N–C) groups is 1. The Labute approximate surface area is 176 Å². The van der Waals surface area contributed by atoms with Crippen LogP contribution in [0.25, 0.3) is 0 Å². The molecule has 0 aromatic carbocycles. The highest BCUT2D eigenvalue weighted by Crippen LogP contribution is 2.24. The number of rotatable bonds is 7. The zero-order valence-electron chi connectivity index (χ0n) is 17.1. The SMILES string of the molecule is CCNC(=NCC1(OC)CCOCC1)NC1CCN(CC(C)C)CC1.I. The van der Waals surface area contributed by atoms with E-state index in [4.69, 9.17) is 14.5 Å². The lowest BCUT2D eigenvalue weighted by Gasteiger charge is -2.35. The third kappa shape index (κ3) is 7.86. The summed E-state index contributed by atoms with van der Waals surface area (Å²) in [7, 11) is 1.80. The van der Waals surface area contributed by atoms with Gasteiger partial charge in [0.15, 0.2) is 5.96 Å². The second-order valence-electron chi connectivity index (χ2n) is 7.81. The minimum Gasteiger partial charge on any atom is -0.381 e. The van der Waals surface area contributed by atoms with Gasteiger partial charge in [-0.15, -0.1) is 24.0 Å². The topological polar surface area (TPSA) is 58.1 Å². The van der Waals surface area contributed by atoms with E-state index in [1.54, 1.807) is 7.11 Å². The first-order valence-electron chi connectivity index (χ1n) is 9.97. The Morgan fingerprint density at radius 3 is 2.46 bits per heavy atom. The van der Waals surface area contributed by atoms with Crippen LogP contribution in [0.4, 0.5) is 0 Å². The number of methoxy groups -OCH3 is 1. The fourth-order valence-corrected chi connectivity index (χ4v) is 3.68. The number of nitrogens with zero attached hydrogens (tertiary/aromatic N) is 2. The second kappa shape index (κ2) is 12.4. The molecule has 2 N–H and O–H groups in total. The van der Waals surface area contributed by atoms with Crippen LogP contribution in [0.1, 0.15) is 46.5 Å². The Morgan fingerprint density at radius 1 is 1.27 bits per heavy atom. The van der Waals surface area contributed by atoms with Gasteiger partial charge < -0.3 is 25.0 Å². The fraction of sp³-hybridized carbons (Fsp3) is 0.947. The standard InChI is InChI=1S/C19H38N4O2.HI/c1-5-20-18(21-15-19(24-4)8-12-25-13-9-19)22-17-6-10-23(11-7-17)14-16(2)3;/h16-17H,5-15H2,1-4H3,(H2,20,21,22);1H. The molecule has 2 aliphatic rings. The van der Waals surface area contributed by atoms with Crippen molar-refractivity contribution in [3.8, 4) is 0 Å². The molecule has 0 atom stereocenters. The number of piperidine rings is 1. The van der Waals surface area contributed by atoms with E-state index in [1.807, 2.05) is 0 Å². The van der Waals surface area contributed by atoms with Crippen molar-refractivity contribution in [1.82, 2.24) is 15.5 Å². The van der Waals surface area contributed by atoms with Crippen molar-refractivity contribution in [2.45, 2.75) is 58.1 Å². The molecule has 2 aliphatic heterocycles. The molecular weight excluding hydrogens is 443 g/mol. The Bertz CT molecular complexity index is 406. The average Bonchev–Trinajstić information content (AvgIpc) is 2.62. The first-order chi connectivity index (χ1) is 12.1. The summed E-state index contributed by atoms with van der Waals surface area (Å²) in [5, 5.41) is 7.03. The number of halogens is 1. The lowest BCUT2D eigenvalue weighted by atomic mass is 9.94. The highest BCUT2D eigenvalue weighted by molar-refractivity contribution is 14.0. The maximum atomic E-state index is 5.80. The van der Waals surface area contributed by atoms with Crippen LogP contribution < -0.4 is 10.6 Å². The van der Waals surface area contributed by atoms with Crippen LogP contribution in [0.3, 0.4) is 0 Å². The van der Waals surface area contributed by atoms with Gasteiger partial charge in [0.05, 0.1) is 12.1 Å². The van der Waals surface area contributed by atoms with Gasteiger partial charge in [-0.2, -0.15) is 0 Å². The van der Waals surface area contributed by atoms with Gasteiger partial charge in [-0.05, 0) is 25.7 Å². The maximum Gasteiger partial charge on any atom is 0.191 e. The van der Waals surface area contributed by atoms with Crippen LogP contribution in [-0.2, 0) is 9.47 Å². The van der Waals surface area contributed by atoms with Crippen LogP contribution in [0.5, 0.6) is 0 Å². The molecule has 0 bridgehead atoms. The molecule has 2 fully saturated rings. The van der Waals surface area contributed by atoms with E-state index >= 15 is 0 Å². The normalized spacial score (nSPS) is 22.1. The van der Waals surface area contributed by atoms with Gasteiger partial charge in [-0.3, -0.25) is 4.99 Å². The number of nitrogens with one attached hydrogen (secondary N) is 2. The Morgan fingerprint density at radius 2 is 1.92 bits per heavy atom. The smallest absolute Gasteiger partial charge is 0.191 e. The summed E-state index contributed by atoms with van der Waals surface area (Å²) in [6.07, 6.45) is 4.20. The quantitative estimate of drug-likeness (QED) is 0.332. The fourth-order valence-electron chi connectivity index (χ4n) is 3.68. The molecule has 0 aromatic rings. The minimum absolute atomic E-state index is 0. The van der Waals surface area contributed by atoms with Crippen molar-refractivity contribution >= 4 is 29.9 Å². The van der Waals surface area contributed by atoms with Crippen molar-refractivity contribution in [3.05, 3.63) is 0 Å². The van der Waals surface area contributed by atoms with Crippen LogP contribution in [-0.4, -0.2) is 75.5 Å². The molecule has 154 valence electrons. The van der Waals surface area contributed by atoms with Crippen molar-refractivity contribution in [2.24, 2.45) is 10.9 Å². The molecule has 2 rings (SSSR count). The van der Waals surface area contributed by atoms with Crippen LogP contribution >= 0.6 is 24.0 Å². The summed E-state index contributed by atoms with van der Waals surface area (Å²) in [5.41, 5.74) is -0.165. The van der Waals surface area contributed by atoms with E-state index in [0.717, 1.165) is 44.5 Å². The molecule has 0 aliphatic carbocycles. The van der Waals surface area contributed by atoms with E-state index in [9.17, 15) is 0 Å². The summed E-state index contributed by atoms with van der Waals surface area (Å²) in [5.74, 6) is 1.67. The molecule has 2 heterocycles. The number of hydrogen-bond acceptors (Lipinski definition) is 4. The number of guanidine groups is 1. The minimum atomic E-state index is -0.165.